The Kier molecular flexibility index (Phi) is 5.50. The van der Waals surface area contributed by atoms with Crippen LogP contribution in [-0.4, -0.2) is 32.7 Å². The fourth-order valence-corrected chi connectivity index (χ4v) is 4.73. The van der Waals surface area contributed by atoms with Gasteiger partial charge in [0, 0.05) is 35.5 Å². The molecule has 0 bridgehead atoms. The first-order valence-electron chi connectivity index (χ1n) is 9.79. The molecule has 0 N–H and O–H groups in total. The summed E-state index contributed by atoms with van der Waals surface area (Å²) >= 11 is 0. The molecule has 0 aliphatic heterocycles. The Morgan fingerprint density at radius 3 is 2.26 bits per heavy atom. The van der Waals surface area contributed by atoms with Gasteiger partial charge in [0.15, 0.2) is 5.69 Å². The molecule has 0 aliphatic carbocycles. The van der Waals surface area contributed by atoms with Crippen molar-refractivity contribution in [2.24, 2.45) is 0 Å². The maximum atomic E-state index is 13.5. The van der Waals surface area contributed by atoms with Crippen molar-refractivity contribution in [3.63, 3.8) is 0 Å². The topological polar surface area (TPSA) is 69.8 Å². The number of pyridine rings is 1. The van der Waals surface area contributed by atoms with E-state index < -0.39 is 27.4 Å². The molecule has 0 spiro atoms. The van der Waals surface area contributed by atoms with Crippen LogP contribution < -0.4 is 0 Å². The third-order valence-corrected chi connectivity index (χ3v) is 6.71. The number of benzene rings is 1. The molecule has 0 fully saturated rings. The monoisotopic (exact) mass is 502 g/mol. The molecule has 13 heteroatoms. The highest BCUT2D eigenvalue weighted by Gasteiger charge is 2.49. The first-order valence-corrected chi connectivity index (χ1v) is 11.2. The van der Waals surface area contributed by atoms with E-state index in [1.807, 2.05) is 0 Å². The number of fused-ring (bicyclic) bond motifs is 1. The molecule has 3 heterocycles. The van der Waals surface area contributed by atoms with Gasteiger partial charge in [-0.25, -0.2) is 3.97 Å². The average Bonchev–Trinajstić information content (AvgIpc) is 3.34. The van der Waals surface area contributed by atoms with E-state index in [-0.39, 0.29) is 43.9 Å². The Bertz CT molecular complexity index is 1500. The largest absolute Gasteiger partial charge is 0.517 e. The van der Waals surface area contributed by atoms with Crippen molar-refractivity contribution in [2.75, 3.05) is 0 Å². The van der Waals surface area contributed by atoms with Gasteiger partial charge < -0.3 is 0 Å². The molecule has 0 amide bonds. The first-order chi connectivity index (χ1) is 15.8. The number of nitrogens with zero attached hydrogens (tertiary/aromatic N) is 4. The smallest absolute Gasteiger partial charge is 0.265 e. The Labute approximate surface area is 189 Å². The molecule has 0 radical (unpaired) electrons. The summed E-state index contributed by atoms with van der Waals surface area (Å²) in [4.78, 5) is 3.88. The summed E-state index contributed by atoms with van der Waals surface area (Å²) in [5.74, 6) is 0. The summed E-state index contributed by atoms with van der Waals surface area (Å²) < 4.78 is 106. The van der Waals surface area contributed by atoms with E-state index in [2.05, 4.69) is 10.1 Å². The molecule has 0 saturated carbocycles. The summed E-state index contributed by atoms with van der Waals surface area (Å²) in [7, 11) is -5.83. The Hall–Kier alpha value is -3.35. The molecule has 0 aliphatic rings. The summed E-state index contributed by atoms with van der Waals surface area (Å²) in [6.45, 7) is 3.26. The Balaban J connectivity index is 2.01. The zero-order chi connectivity index (χ0) is 25.1. The van der Waals surface area contributed by atoms with Crippen LogP contribution in [0, 0.1) is 6.92 Å². The summed E-state index contributed by atoms with van der Waals surface area (Å²) in [6, 6.07) is 7.20. The standard InChI is InChI=1S/C21H16F6N4O2S/c1-3-30-17(10-19(29-30)20(22,23)24)13-4-5-16-14(8-13)9-18(15-6-7-28-11-12(15)2)31(16)34(32,33)21(25,26)27/h4-11H,3H2,1-2H3. The molecule has 1 aromatic carbocycles. The maximum absolute atomic E-state index is 13.5. The fourth-order valence-electron chi connectivity index (χ4n) is 3.69. The average molecular weight is 502 g/mol. The van der Waals surface area contributed by atoms with E-state index in [1.165, 1.54) is 36.7 Å². The van der Waals surface area contributed by atoms with E-state index in [0.717, 1.165) is 16.8 Å². The van der Waals surface area contributed by atoms with Crippen molar-refractivity contribution in [1.29, 1.82) is 0 Å². The molecule has 34 heavy (non-hydrogen) atoms. The summed E-state index contributed by atoms with van der Waals surface area (Å²) in [5.41, 5.74) is -6.26. The van der Waals surface area contributed by atoms with Crippen LogP contribution >= 0.6 is 0 Å². The van der Waals surface area contributed by atoms with Crippen LogP contribution in [0.3, 0.4) is 0 Å². The van der Waals surface area contributed by atoms with E-state index in [4.69, 9.17) is 0 Å². The van der Waals surface area contributed by atoms with Gasteiger partial charge >= 0.3 is 21.7 Å². The lowest BCUT2D eigenvalue weighted by Crippen LogP contribution is -2.30. The molecule has 0 saturated heterocycles. The third kappa shape index (κ3) is 3.83. The zero-order valence-corrected chi connectivity index (χ0v) is 18.4. The molecule has 4 aromatic rings. The van der Waals surface area contributed by atoms with Gasteiger partial charge in [-0.2, -0.15) is 39.9 Å². The predicted octanol–water partition coefficient (Wildman–Crippen LogP) is 5.61. The first kappa shape index (κ1) is 23.8. The van der Waals surface area contributed by atoms with Crippen molar-refractivity contribution in [3.05, 3.63) is 60.0 Å². The minimum atomic E-state index is -5.83. The van der Waals surface area contributed by atoms with Gasteiger partial charge in [-0.3, -0.25) is 9.67 Å². The number of aromatic nitrogens is 4. The summed E-state index contributed by atoms with van der Waals surface area (Å²) in [6.07, 6.45) is -1.99. The van der Waals surface area contributed by atoms with Gasteiger partial charge in [-0.1, -0.05) is 6.07 Å². The lowest BCUT2D eigenvalue weighted by Gasteiger charge is -2.15. The van der Waals surface area contributed by atoms with Crippen LogP contribution in [0.1, 0.15) is 18.2 Å². The van der Waals surface area contributed by atoms with Crippen LogP contribution in [0.25, 0.3) is 33.4 Å². The number of aryl methyl sites for hydroxylation is 2. The minimum absolute atomic E-state index is 0.0878. The van der Waals surface area contributed by atoms with Gasteiger partial charge in [0.05, 0.1) is 16.9 Å². The number of hydrogen-bond acceptors (Lipinski definition) is 4. The van der Waals surface area contributed by atoms with Crippen molar-refractivity contribution in [3.8, 4) is 22.5 Å². The van der Waals surface area contributed by atoms with Crippen LogP contribution in [0.4, 0.5) is 26.3 Å². The molecule has 3 aromatic heterocycles. The van der Waals surface area contributed by atoms with E-state index in [1.54, 1.807) is 13.8 Å². The third-order valence-electron chi connectivity index (χ3n) is 5.25. The fraction of sp³-hybridized carbons (Fsp3) is 0.238. The highest BCUT2D eigenvalue weighted by atomic mass is 32.2. The predicted molar refractivity (Wildman–Crippen MR) is 112 cm³/mol. The molecule has 0 unspecified atom stereocenters. The van der Waals surface area contributed by atoms with Crippen molar-refractivity contribution < 1.29 is 34.8 Å². The number of alkyl halides is 6. The van der Waals surface area contributed by atoms with Gasteiger partial charge in [0.1, 0.15) is 0 Å². The Morgan fingerprint density at radius 1 is 0.971 bits per heavy atom. The van der Waals surface area contributed by atoms with Gasteiger partial charge in [-0.05, 0) is 49.7 Å². The summed E-state index contributed by atoms with van der Waals surface area (Å²) in [5, 5.41) is 3.64. The quantitative estimate of drug-likeness (QED) is 0.340. The van der Waals surface area contributed by atoms with Crippen molar-refractivity contribution >= 4 is 20.9 Å². The number of hydrogen-bond donors (Lipinski definition) is 0. The second kappa shape index (κ2) is 7.86. The van der Waals surface area contributed by atoms with Gasteiger partial charge in [0.2, 0.25) is 0 Å². The van der Waals surface area contributed by atoms with Crippen LogP contribution in [-0.2, 0) is 22.7 Å². The van der Waals surface area contributed by atoms with Gasteiger partial charge in [0.25, 0.3) is 0 Å². The lowest BCUT2D eigenvalue weighted by atomic mass is 10.1. The molecule has 6 nitrogen and oxygen atoms in total. The van der Waals surface area contributed by atoms with Crippen LogP contribution in [0.2, 0.25) is 0 Å². The second-order valence-corrected chi connectivity index (χ2v) is 9.22. The molecular formula is C21H16F6N4O2S. The van der Waals surface area contributed by atoms with E-state index in [9.17, 15) is 34.8 Å². The van der Waals surface area contributed by atoms with Crippen molar-refractivity contribution in [1.82, 2.24) is 18.7 Å². The second-order valence-electron chi connectivity index (χ2n) is 7.44. The highest BCUT2D eigenvalue weighted by molar-refractivity contribution is 7.91. The highest BCUT2D eigenvalue weighted by Crippen LogP contribution is 2.38. The van der Waals surface area contributed by atoms with Crippen LogP contribution in [0.15, 0.2) is 48.8 Å². The molecular weight excluding hydrogens is 486 g/mol. The zero-order valence-electron chi connectivity index (χ0n) is 17.6. The number of halogens is 6. The SMILES string of the molecule is CCn1nc(C(F)(F)F)cc1-c1ccc2c(c1)cc(-c1ccncc1C)n2S(=O)(=O)C(F)(F)F. The number of rotatable bonds is 4. The van der Waals surface area contributed by atoms with Gasteiger partial charge in [-0.15, -0.1) is 0 Å². The lowest BCUT2D eigenvalue weighted by molar-refractivity contribution is -0.141. The molecule has 0 atom stereocenters. The Morgan fingerprint density at radius 2 is 1.68 bits per heavy atom. The van der Waals surface area contributed by atoms with Crippen LogP contribution in [0.5, 0.6) is 0 Å². The van der Waals surface area contributed by atoms with Crippen molar-refractivity contribution in [2.45, 2.75) is 32.1 Å². The molecule has 180 valence electrons. The normalized spacial score (nSPS) is 13.1. The minimum Gasteiger partial charge on any atom is -0.265 e. The molecule has 4 rings (SSSR count). The van der Waals surface area contributed by atoms with E-state index in [0.29, 0.717) is 5.56 Å². The maximum Gasteiger partial charge on any atom is 0.517 e. The van der Waals surface area contributed by atoms with E-state index >= 15 is 0 Å².